The lowest BCUT2D eigenvalue weighted by molar-refractivity contribution is -0.121. The average molecular weight is 296 g/mol. The third-order valence-electron chi connectivity index (χ3n) is 3.19. The Labute approximate surface area is 123 Å². The van der Waals surface area contributed by atoms with Crippen LogP contribution in [0.1, 0.15) is 17.3 Å². The molecule has 0 aromatic heterocycles. The fourth-order valence-electron chi connectivity index (χ4n) is 2.24. The molecule has 0 unspecified atom stereocenters. The molecule has 0 spiro atoms. The molecule has 1 aliphatic heterocycles. The van der Waals surface area contributed by atoms with E-state index in [4.69, 9.17) is 11.6 Å². The summed E-state index contributed by atoms with van der Waals surface area (Å²) < 4.78 is 0. The number of carbonyl (C=O) groups is 2. The van der Waals surface area contributed by atoms with E-state index in [2.05, 4.69) is 17.6 Å². The van der Waals surface area contributed by atoms with Crippen molar-refractivity contribution in [3.8, 4) is 0 Å². The van der Waals surface area contributed by atoms with Crippen LogP contribution in [0.4, 0.5) is 0 Å². The summed E-state index contributed by atoms with van der Waals surface area (Å²) in [6, 6.07) is 7.03. The topological polar surface area (TPSA) is 61.4 Å². The minimum Gasteiger partial charge on any atom is -0.312 e. The Morgan fingerprint density at radius 3 is 2.90 bits per heavy atom. The molecule has 0 saturated carbocycles. The molecule has 0 bridgehead atoms. The van der Waals surface area contributed by atoms with E-state index in [-0.39, 0.29) is 12.5 Å². The number of nitrogens with zero attached hydrogens (tertiary/aromatic N) is 1. The van der Waals surface area contributed by atoms with E-state index >= 15 is 0 Å². The zero-order chi connectivity index (χ0) is 14.5. The van der Waals surface area contributed by atoms with Crippen molar-refractivity contribution in [3.05, 3.63) is 34.9 Å². The lowest BCUT2D eigenvalue weighted by Crippen LogP contribution is -2.52. The minimum absolute atomic E-state index is 0.224. The Morgan fingerprint density at radius 1 is 1.45 bits per heavy atom. The predicted octanol–water partition coefficient (Wildman–Crippen LogP) is 0.890. The summed E-state index contributed by atoms with van der Waals surface area (Å²) in [5.41, 5.74) is 0.316. The van der Waals surface area contributed by atoms with E-state index in [1.165, 1.54) is 0 Å². The average Bonchev–Trinajstić information content (AvgIpc) is 2.38. The number of nitrogens with one attached hydrogen (secondary N) is 2. The maximum atomic E-state index is 11.9. The van der Waals surface area contributed by atoms with E-state index in [1.807, 2.05) is 4.90 Å². The molecule has 1 heterocycles. The molecule has 1 aromatic rings. The first-order valence-corrected chi connectivity index (χ1v) is 6.98. The molecule has 6 heteroatoms. The Balaban J connectivity index is 1.88. The summed E-state index contributed by atoms with van der Waals surface area (Å²) in [5.74, 6) is -0.757. The number of benzene rings is 1. The largest absolute Gasteiger partial charge is 0.312 e. The molecule has 0 radical (unpaired) electrons. The van der Waals surface area contributed by atoms with Gasteiger partial charge in [0.25, 0.3) is 5.91 Å². The third-order valence-corrected chi connectivity index (χ3v) is 3.52. The van der Waals surface area contributed by atoms with Crippen LogP contribution in [-0.2, 0) is 4.79 Å². The van der Waals surface area contributed by atoms with E-state index in [9.17, 15) is 9.59 Å². The Bertz CT molecular complexity index is 507. The van der Waals surface area contributed by atoms with Crippen molar-refractivity contribution < 1.29 is 9.59 Å². The monoisotopic (exact) mass is 295 g/mol. The van der Waals surface area contributed by atoms with Crippen LogP contribution in [0, 0.1) is 0 Å². The molecule has 1 aliphatic rings. The molecule has 1 fully saturated rings. The van der Waals surface area contributed by atoms with Crippen LogP contribution in [0.2, 0.25) is 5.02 Å². The van der Waals surface area contributed by atoms with E-state index in [0.29, 0.717) is 16.6 Å². The van der Waals surface area contributed by atoms with Crippen LogP contribution < -0.4 is 10.6 Å². The zero-order valence-electron chi connectivity index (χ0n) is 11.4. The normalized spacial score (nSPS) is 19.6. The summed E-state index contributed by atoms with van der Waals surface area (Å²) >= 11 is 5.92. The number of imide groups is 1. The number of hydrogen-bond donors (Lipinski definition) is 2. The molecule has 2 amide bonds. The molecule has 1 aromatic carbocycles. The second-order valence-corrected chi connectivity index (χ2v) is 5.35. The number of amides is 2. The quantitative estimate of drug-likeness (QED) is 0.869. The highest BCUT2D eigenvalue weighted by molar-refractivity contribution is 6.34. The van der Waals surface area contributed by atoms with Gasteiger partial charge in [0.2, 0.25) is 5.91 Å². The fraction of sp³-hybridized carbons (Fsp3) is 0.429. The molecular formula is C14H18ClN3O2. The molecule has 5 nitrogen and oxygen atoms in total. The molecule has 2 N–H and O–H groups in total. The fourth-order valence-corrected chi connectivity index (χ4v) is 2.46. The van der Waals surface area contributed by atoms with E-state index < -0.39 is 5.91 Å². The lowest BCUT2D eigenvalue weighted by atomic mass is 10.2. The number of carbonyl (C=O) groups excluding carboxylic acids is 2. The maximum Gasteiger partial charge on any atom is 0.259 e. The Morgan fingerprint density at radius 2 is 2.20 bits per heavy atom. The van der Waals surface area contributed by atoms with Crippen LogP contribution in [0.25, 0.3) is 0 Å². The van der Waals surface area contributed by atoms with Gasteiger partial charge in [-0.2, -0.15) is 0 Å². The third kappa shape index (κ3) is 4.03. The minimum atomic E-state index is -0.455. The smallest absolute Gasteiger partial charge is 0.259 e. The van der Waals surface area contributed by atoms with Crippen LogP contribution in [0.3, 0.4) is 0 Å². The van der Waals surface area contributed by atoms with Gasteiger partial charge in [-0.1, -0.05) is 23.7 Å². The van der Waals surface area contributed by atoms with Crippen molar-refractivity contribution in [2.45, 2.75) is 13.0 Å². The van der Waals surface area contributed by atoms with Gasteiger partial charge in [0.15, 0.2) is 0 Å². The number of rotatable bonds is 3. The van der Waals surface area contributed by atoms with Crippen LogP contribution in [-0.4, -0.2) is 48.9 Å². The maximum absolute atomic E-state index is 11.9. The summed E-state index contributed by atoms with van der Waals surface area (Å²) in [7, 11) is 0. The first-order valence-electron chi connectivity index (χ1n) is 6.60. The molecular weight excluding hydrogens is 278 g/mol. The SMILES string of the molecule is C[C@@H]1CN(CC(=O)NC(=O)c2ccccc2Cl)CCN1. The van der Waals surface area contributed by atoms with Gasteiger partial charge in [0.05, 0.1) is 17.1 Å². The number of piperazine rings is 1. The second kappa shape index (κ2) is 6.83. The molecule has 1 atom stereocenters. The summed E-state index contributed by atoms with van der Waals surface area (Å²) in [6.45, 7) is 4.75. The van der Waals surface area contributed by atoms with Gasteiger partial charge in [-0.15, -0.1) is 0 Å². The standard InChI is InChI=1S/C14H18ClN3O2/c1-10-8-18(7-6-16-10)9-13(19)17-14(20)11-4-2-3-5-12(11)15/h2-5,10,16H,6-9H2,1H3,(H,17,19,20)/t10-/m1/s1. The predicted molar refractivity (Wildman–Crippen MR) is 77.8 cm³/mol. The number of hydrogen-bond acceptors (Lipinski definition) is 4. The van der Waals surface area contributed by atoms with Gasteiger partial charge in [-0.3, -0.25) is 19.8 Å². The zero-order valence-corrected chi connectivity index (χ0v) is 12.1. The van der Waals surface area contributed by atoms with Crippen LogP contribution in [0.5, 0.6) is 0 Å². The lowest BCUT2D eigenvalue weighted by Gasteiger charge is -2.31. The van der Waals surface area contributed by atoms with Gasteiger partial charge in [-0.05, 0) is 19.1 Å². The van der Waals surface area contributed by atoms with Crippen molar-refractivity contribution in [2.24, 2.45) is 0 Å². The molecule has 108 valence electrons. The van der Waals surface area contributed by atoms with Crippen LogP contribution in [0.15, 0.2) is 24.3 Å². The highest BCUT2D eigenvalue weighted by Crippen LogP contribution is 2.14. The first kappa shape index (κ1) is 15.0. The van der Waals surface area contributed by atoms with Crippen molar-refractivity contribution in [3.63, 3.8) is 0 Å². The van der Waals surface area contributed by atoms with Gasteiger partial charge in [-0.25, -0.2) is 0 Å². The highest BCUT2D eigenvalue weighted by atomic mass is 35.5. The van der Waals surface area contributed by atoms with Crippen molar-refractivity contribution >= 4 is 23.4 Å². The molecule has 0 aliphatic carbocycles. The molecule has 1 saturated heterocycles. The van der Waals surface area contributed by atoms with Crippen molar-refractivity contribution in [2.75, 3.05) is 26.2 Å². The van der Waals surface area contributed by atoms with Crippen LogP contribution >= 0.6 is 11.6 Å². The Hall–Kier alpha value is -1.43. The first-order chi connectivity index (χ1) is 9.56. The Kier molecular flexibility index (Phi) is 5.11. The highest BCUT2D eigenvalue weighted by Gasteiger charge is 2.19. The second-order valence-electron chi connectivity index (χ2n) is 4.95. The van der Waals surface area contributed by atoms with Gasteiger partial charge in [0.1, 0.15) is 0 Å². The van der Waals surface area contributed by atoms with E-state index in [0.717, 1.165) is 19.6 Å². The van der Waals surface area contributed by atoms with Gasteiger partial charge >= 0.3 is 0 Å². The van der Waals surface area contributed by atoms with E-state index in [1.54, 1.807) is 24.3 Å². The molecule has 2 rings (SSSR count). The van der Waals surface area contributed by atoms with Crippen molar-refractivity contribution in [1.82, 2.24) is 15.5 Å². The summed E-state index contributed by atoms with van der Waals surface area (Å²) in [5, 5.41) is 6.02. The number of halogens is 1. The summed E-state index contributed by atoms with van der Waals surface area (Å²) in [4.78, 5) is 25.8. The summed E-state index contributed by atoms with van der Waals surface area (Å²) in [6.07, 6.45) is 0. The van der Waals surface area contributed by atoms with Gasteiger partial charge < -0.3 is 5.32 Å². The van der Waals surface area contributed by atoms with Gasteiger partial charge in [0, 0.05) is 25.7 Å². The molecule has 20 heavy (non-hydrogen) atoms. The van der Waals surface area contributed by atoms with Crippen molar-refractivity contribution in [1.29, 1.82) is 0 Å².